The van der Waals surface area contributed by atoms with E-state index >= 15 is 0 Å². The Morgan fingerprint density at radius 3 is 2.71 bits per heavy atom. The summed E-state index contributed by atoms with van der Waals surface area (Å²) in [6, 6.07) is 5.78. The molecular weight excluding hydrogens is 302 g/mol. The molecule has 1 heterocycles. The van der Waals surface area contributed by atoms with E-state index < -0.39 is 10.0 Å². The Hall–Kier alpha value is -0.550. The molecule has 0 N–H and O–H groups in total. The van der Waals surface area contributed by atoms with Gasteiger partial charge in [-0.1, -0.05) is 29.8 Å². The lowest BCUT2D eigenvalue weighted by Crippen LogP contribution is -2.26. The van der Waals surface area contributed by atoms with Crippen LogP contribution in [-0.2, 0) is 16.4 Å². The van der Waals surface area contributed by atoms with Crippen LogP contribution in [0.15, 0.2) is 22.7 Å². The van der Waals surface area contributed by atoms with E-state index in [2.05, 4.69) is 15.9 Å². The topological polar surface area (TPSA) is 37.4 Å². The van der Waals surface area contributed by atoms with Crippen LogP contribution in [0.25, 0.3) is 0 Å². The molecule has 1 saturated heterocycles. The first-order chi connectivity index (χ1) is 7.94. The lowest BCUT2D eigenvalue weighted by atomic mass is 10.1. The second kappa shape index (κ2) is 4.61. The molecule has 0 saturated carbocycles. The molecule has 1 aliphatic rings. The number of rotatable bonds is 2. The zero-order valence-electron chi connectivity index (χ0n) is 9.98. The van der Waals surface area contributed by atoms with Crippen molar-refractivity contribution in [1.29, 1.82) is 0 Å². The van der Waals surface area contributed by atoms with E-state index in [9.17, 15) is 8.42 Å². The molecule has 0 aliphatic carbocycles. The van der Waals surface area contributed by atoms with Crippen molar-refractivity contribution in [2.75, 3.05) is 16.6 Å². The summed E-state index contributed by atoms with van der Waals surface area (Å²) in [5.41, 5.74) is 1.90. The summed E-state index contributed by atoms with van der Waals surface area (Å²) in [5.74, 6) is 0.458. The number of anilines is 1. The fourth-order valence-electron chi connectivity index (χ4n) is 2.23. The molecule has 3 nitrogen and oxygen atoms in total. The Balaban J connectivity index is 2.47. The molecular formula is C12H16BrNO2S. The van der Waals surface area contributed by atoms with Gasteiger partial charge in [-0.05, 0) is 36.1 Å². The second-order valence-corrected chi connectivity index (χ2v) is 7.40. The van der Waals surface area contributed by atoms with Crippen molar-refractivity contribution in [3.63, 3.8) is 0 Å². The third-order valence-corrected chi connectivity index (χ3v) is 5.50. The van der Waals surface area contributed by atoms with Gasteiger partial charge in [-0.25, -0.2) is 8.42 Å². The molecule has 1 aliphatic heterocycles. The normalized spacial score (nSPS) is 23.0. The van der Waals surface area contributed by atoms with Crippen molar-refractivity contribution in [3.05, 3.63) is 28.2 Å². The summed E-state index contributed by atoms with van der Waals surface area (Å²) in [6.07, 6.45) is 0.829. The number of benzene rings is 1. The molecule has 0 aromatic heterocycles. The predicted molar refractivity (Wildman–Crippen MR) is 73.8 cm³/mol. The number of hydrogen-bond acceptors (Lipinski definition) is 2. The number of hydrogen-bond donors (Lipinski definition) is 0. The van der Waals surface area contributed by atoms with Gasteiger partial charge in [0.05, 0.1) is 11.4 Å². The van der Waals surface area contributed by atoms with E-state index in [1.165, 1.54) is 0 Å². The first kappa shape index (κ1) is 12.9. The van der Waals surface area contributed by atoms with Crippen LogP contribution in [0.5, 0.6) is 0 Å². The van der Waals surface area contributed by atoms with Crippen LogP contribution in [0.2, 0.25) is 0 Å². The molecule has 17 heavy (non-hydrogen) atoms. The van der Waals surface area contributed by atoms with Crippen molar-refractivity contribution in [1.82, 2.24) is 0 Å². The highest BCUT2D eigenvalue weighted by Gasteiger charge is 2.34. The third kappa shape index (κ3) is 2.50. The third-order valence-electron chi connectivity index (χ3n) is 3.00. The fourth-order valence-corrected chi connectivity index (χ4v) is 4.60. The zero-order valence-corrected chi connectivity index (χ0v) is 12.4. The van der Waals surface area contributed by atoms with Gasteiger partial charge in [-0.3, -0.25) is 4.31 Å². The van der Waals surface area contributed by atoms with E-state index in [0.717, 1.165) is 22.1 Å². The van der Waals surface area contributed by atoms with Gasteiger partial charge in [0.25, 0.3) is 0 Å². The molecule has 1 aromatic carbocycles. The summed E-state index contributed by atoms with van der Waals surface area (Å²) in [6.45, 7) is 4.61. The highest BCUT2D eigenvalue weighted by Crippen LogP contribution is 2.31. The van der Waals surface area contributed by atoms with E-state index in [1.807, 2.05) is 32.0 Å². The van der Waals surface area contributed by atoms with Gasteiger partial charge >= 0.3 is 0 Å². The number of nitrogens with zero attached hydrogens (tertiary/aromatic N) is 1. The van der Waals surface area contributed by atoms with E-state index in [4.69, 9.17) is 0 Å². The Bertz CT molecular complexity index is 527. The molecule has 1 unspecified atom stereocenters. The van der Waals surface area contributed by atoms with Crippen molar-refractivity contribution in [3.8, 4) is 0 Å². The molecule has 1 fully saturated rings. The molecule has 1 aromatic rings. The summed E-state index contributed by atoms with van der Waals surface area (Å²) >= 11 is 3.42. The van der Waals surface area contributed by atoms with Crippen LogP contribution >= 0.6 is 15.9 Å². The number of halogens is 1. The van der Waals surface area contributed by atoms with Gasteiger partial charge in [0.15, 0.2) is 0 Å². The molecule has 0 amide bonds. The molecule has 0 spiro atoms. The van der Waals surface area contributed by atoms with E-state index in [0.29, 0.717) is 6.54 Å². The fraction of sp³-hybridized carbons (Fsp3) is 0.500. The maximum Gasteiger partial charge on any atom is 0.235 e. The minimum Gasteiger partial charge on any atom is -0.270 e. The summed E-state index contributed by atoms with van der Waals surface area (Å²) in [7, 11) is -3.12. The number of aryl methyl sites for hydroxylation is 1. The van der Waals surface area contributed by atoms with Crippen LogP contribution in [0.3, 0.4) is 0 Å². The van der Waals surface area contributed by atoms with E-state index in [1.54, 1.807) is 4.31 Å². The number of sulfonamides is 1. The maximum absolute atomic E-state index is 12.0. The molecule has 1 atom stereocenters. The highest BCUT2D eigenvalue weighted by atomic mass is 79.9. The molecule has 94 valence electrons. The Labute approximate surface area is 111 Å². The standard InChI is InChI=1S/C12H16BrNO2S/c1-3-10-6-11(13)4-5-12(10)14-7-9(2)8-17(14,15)16/h4-6,9H,3,7-8H2,1-2H3. The first-order valence-electron chi connectivity index (χ1n) is 5.73. The molecule has 2 rings (SSSR count). The van der Waals surface area contributed by atoms with Gasteiger partial charge in [0.2, 0.25) is 10.0 Å². The van der Waals surface area contributed by atoms with Gasteiger partial charge in [0.1, 0.15) is 0 Å². The van der Waals surface area contributed by atoms with Crippen LogP contribution < -0.4 is 4.31 Å². The lowest BCUT2D eigenvalue weighted by molar-refractivity contribution is 0.598. The highest BCUT2D eigenvalue weighted by molar-refractivity contribution is 9.10. The Kier molecular flexibility index (Phi) is 3.50. The predicted octanol–water partition coefficient (Wildman–Crippen LogP) is 2.80. The summed E-state index contributed by atoms with van der Waals surface area (Å²) < 4.78 is 26.6. The van der Waals surface area contributed by atoms with Crippen molar-refractivity contribution in [2.24, 2.45) is 5.92 Å². The van der Waals surface area contributed by atoms with Crippen molar-refractivity contribution < 1.29 is 8.42 Å². The minimum absolute atomic E-state index is 0.202. The van der Waals surface area contributed by atoms with Crippen LogP contribution in [0.1, 0.15) is 19.4 Å². The van der Waals surface area contributed by atoms with Crippen molar-refractivity contribution >= 4 is 31.6 Å². The maximum atomic E-state index is 12.0. The Morgan fingerprint density at radius 2 is 2.18 bits per heavy atom. The smallest absolute Gasteiger partial charge is 0.235 e. The lowest BCUT2D eigenvalue weighted by Gasteiger charge is -2.20. The van der Waals surface area contributed by atoms with Gasteiger partial charge in [-0.2, -0.15) is 0 Å². The van der Waals surface area contributed by atoms with Crippen LogP contribution in [0, 0.1) is 5.92 Å². The van der Waals surface area contributed by atoms with Crippen molar-refractivity contribution in [2.45, 2.75) is 20.3 Å². The monoisotopic (exact) mass is 317 g/mol. The van der Waals surface area contributed by atoms with Crippen LogP contribution in [0.4, 0.5) is 5.69 Å². The van der Waals surface area contributed by atoms with Gasteiger partial charge < -0.3 is 0 Å². The zero-order chi connectivity index (χ0) is 12.6. The summed E-state index contributed by atoms with van der Waals surface area (Å²) in [5, 5.41) is 0. The molecule has 0 bridgehead atoms. The largest absolute Gasteiger partial charge is 0.270 e. The average molecular weight is 318 g/mol. The van der Waals surface area contributed by atoms with E-state index in [-0.39, 0.29) is 11.7 Å². The SMILES string of the molecule is CCc1cc(Br)ccc1N1CC(C)CS1(=O)=O. The second-order valence-electron chi connectivity index (χ2n) is 4.54. The quantitative estimate of drug-likeness (QED) is 0.841. The first-order valence-corrected chi connectivity index (χ1v) is 8.13. The Morgan fingerprint density at radius 1 is 1.47 bits per heavy atom. The summed E-state index contributed by atoms with van der Waals surface area (Å²) in [4.78, 5) is 0. The van der Waals surface area contributed by atoms with Gasteiger partial charge in [-0.15, -0.1) is 0 Å². The van der Waals surface area contributed by atoms with Crippen LogP contribution in [-0.4, -0.2) is 20.7 Å². The molecule has 0 radical (unpaired) electrons. The van der Waals surface area contributed by atoms with Gasteiger partial charge in [0, 0.05) is 11.0 Å². The minimum atomic E-state index is -3.12. The molecule has 5 heteroatoms. The average Bonchev–Trinajstić information content (AvgIpc) is 2.51.